The Hall–Kier alpha value is -2.36. The van der Waals surface area contributed by atoms with Crippen molar-refractivity contribution >= 4 is 5.69 Å². The Morgan fingerprint density at radius 2 is 1.69 bits per heavy atom. The highest BCUT2D eigenvalue weighted by Gasteiger charge is 2.67. The lowest BCUT2D eigenvalue weighted by Gasteiger charge is -2.62. The molecule has 1 spiro atoms. The van der Waals surface area contributed by atoms with Gasteiger partial charge in [0.15, 0.2) is 5.60 Å². The normalized spacial score (nSPS) is 21.4. The second-order valence-corrected chi connectivity index (χ2v) is 7.87. The van der Waals surface area contributed by atoms with Gasteiger partial charge in [-0.2, -0.15) is 26.3 Å². The second kappa shape index (κ2) is 6.32. The quantitative estimate of drug-likeness (QED) is 0.762. The molecule has 1 N–H and O–H groups in total. The molecule has 3 heterocycles. The number of hydrogen-bond acceptors (Lipinski definition) is 4. The molecule has 4 rings (SSSR count). The van der Waals surface area contributed by atoms with Crippen LogP contribution in [-0.2, 0) is 11.8 Å². The van der Waals surface area contributed by atoms with Crippen LogP contribution in [0.3, 0.4) is 0 Å². The maximum Gasteiger partial charge on any atom is 0.433 e. The molecule has 0 amide bonds. The monoisotopic (exact) mass is 417 g/mol. The number of pyridine rings is 2. The summed E-state index contributed by atoms with van der Waals surface area (Å²) in [6.07, 6.45) is -5.55. The molecule has 0 aromatic carbocycles. The van der Waals surface area contributed by atoms with Crippen LogP contribution < -0.4 is 4.90 Å². The van der Waals surface area contributed by atoms with Crippen LogP contribution in [0.1, 0.15) is 24.1 Å². The Kier molecular flexibility index (Phi) is 4.34. The molecule has 1 saturated heterocycles. The first kappa shape index (κ1) is 19.9. The number of alkyl halides is 6. The zero-order valence-corrected chi connectivity index (χ0v) is 15.0. The van der Waals surface area contributed by atoms with Crippen LogP contribution in [-0.4, -0.2) is 34.3 Å². The van der Waals surface area contributed by atoms with E-state index in [4.69, 9.17) is 0 Å². The van der Waals surface area contributed by atoms with E-state index in [2.05, 4.69) is 9.97 Å². The van der Waals surface area contributed by atoms with Crippen molar-refractivity contribution in [2.24, 2.45) is 11.3 Å². The summed E-state index contributed by atoms with van der Waals surface area (Å²) in [4.78, 5) is 8.88. The van der Waals surface area contributed by atoms with Gasteiger partial charge in [0.2, 0.25) is 0 Å². The number of anilines is 1. The zero-order chi connectivity index (χ0) is 21.1. The van der Waals surface area contributed by atoms with Crippen molar-refractivity contribution in [2.45, 2.75) is 30.8 Å². The summed E-state index contributed by atoms with van der Waals surface area (Å²) in [5.74, 6) is -1.00. The molecular weight excluding hydrogens is 400 g/mol. The van der Waals surface area contributed by atoms with Gasteiger partial charge < -0.3 is 10.0 Å². The van der Waals surface area contributed by atoms with E-state index in [-0.39, 0.29) is 23.8 Å². The maximum absolute atomic E-state index is 13.7. The van der Waals surface area contributed by atoms with E-state index < -0.39 is 29.6 Å². The fourth-order valence-corrected chi connectivity index (χ4v) is 4.45. The molecule has 2 aliphatic rings. The summed E-state index contributed by atoms with van der Waals surface area (Å²) in [6, 6.07) is 4.75. The van der Waals surface area contributed by atoms with Crippen LogP contribution in [0.5, 0.6) is 0 Å². The summed E-state index contributed by atoms with van der Waals surface area (Å²) >= 11 is 0. The van der Waals surface area contributed by atoms with E-state index in [9.17, 15) is 31.4 Å². The van der Waals surface area contributed by atoms with Gasteiger partial charge in [-0.15, -0.1) is 0 Å². The fourth-order valence-electron chi connectivity index (χ4n) is 4.45. The van der Waals surface area contributed by atoms with Crippen LogP contribution >= 0.6 is 0 Å². The van der Waals surface area contributed by atoms with E-state index in [1.54, 1.807) is 4.90 Å². The Balaban J connectivity index is 1.44. The Morgan fingerprint density at radius 3 is 2.17 bits per heavy atom. The summed E-state index contributed by atoms with van der Waals surface area (Å²) in [5, 5.41) is 10.6. The first-order valence-electron chi connectivity index (χ1n) is 8.92. The lowest BCUT2D eigenvalue weighted by molar-refractivity contribution is -0.307. The van der Waals surface area contributed by atoms with E-state index in [0.717, 1.165) is 18.5 Å². The van der Waals surface area contributed by atoms with Gasteiger partial charge in [0.05, 0.1) is 11.9 Å². The van der Waals surface area contributed by atoms with Gasteiger partial charge in [-0.25, -0.2) is 4.98 Å². The van der Waals surface area contributed by atoms with E-state index in [1.807, 2.05) is 0 Å². The second-order valence-electron chi connectivity index (χ2n) is 7.87. The van der Waals surface area contributed by atoms with Crippen molar-refractivity contribution in [3.8, 4) is 0 Å². The van der Waals surface area contributed by atoms with Gasteiger partial charge in [-0.3, -0.25) is 4.98 Å². The molecule has 29 heavy (non-hydrogen) atoms. The Morgan fingerprint density at radius 1 is 1.00 bits per heavy atom. The van der Waals surface area contributed by atoms with Crippen molar-refractivity contribution in [1.82, 2.24) is 9.97 Å². The van der Waals surface area contributed by atoms with Crippen molar-refractivity contribution in [1.29, 1.82) is 0 Å². The molecule has 156 valence electrons. The van der Waals surface area contributed by atoms with Gasteiger partial charge in [-0.1, -0.05) is 6.07 Å². The van der Waals surface area contributed by atoms with Crippen molar-refractivity contribution < 1.29 is 31.4 Å². The molecule has 0 radical (unpaired) electrons. The Labute approximate surface area is 162 Å². The first-order valence-corrected chi connectivity index (χ1v) is 8.92. The number of aromatic nitrogens is 2. The third-order valence-corrected chi connectivity index (χ3v) is 5.94. The predicted octanol–water partition coefficient (Wildman–Crippen LogP) is 4.16. The fraction of sp³-hybridized carbons (Fsp3) is 0.474. The smallest absolute Gasteiger partial charge is 0.376 e. The van der Waals surface area contributed by atoms with Gasteiger partial charge in [-0.05, 0) is 31.0 Å². The number of hydrogen-bond donors (Lipinski definition) is 1. The van der Waals surface area contributed by atoms with Crippen LogP contribution in [0.25, 0.3) is 0 Å². The van der Waals surface area contributed by atoms with Gasteiger partial charge in [0.1, 0.15) is 5.69 Å². The molecule has 1 aliphatic heterocycles. The van der Waals surface area contributed by atoms with Gasteiger partial charge >= 0.3 is 12.4 Å². The highest BCUT2D eigenvalue weighted by molar-refractivity contribution is 5.49. The SMILES string of the molecule is OC(c1cccnc1)(C1CC2(C1)CN(c1ccc(C(F)(F)F)nc1)C2)C(F)(F)F. The summed E-state index contributed by atoms with van der Waals surface area (Å²) < 4.78 is 79.0. The van der Waals surface area contributed by atoms with Gasteiger partial charge in [0, 0.05) is 42.4 Å². The molecule has 2 fully saturated rings. The molecule has 1 atom stereocenters. The molecule has 10 heteroatoms. The summed E-state index contributed by atoms with van der Waals surface area (Å²) in [7, 11) is 0. The van der Waals surface area contributed by atoms with Crippen molar-refractivity contribution in [2.75, 3.05) is 18.0 Å². The van der Waals surface area contributed by atoms with Crippen LogP contribution in [0, 0.1) is 11.3 Å². The topological polar surface area (TPSA) is 49.3 Å². The Bertz CT molecular complexity index is 870. The minimum Gasteiger partial charge on any atom is -0.376 e. The third-order valence-electron chi connectivity index (χ3n) is 5.94. The molecule has 0 bridgehead atoms. The van der Waals surface area contributed by atoms with Crippen LogP contribution in [0.15, 0.2) is 42.9 Å². The minimum absolute atomic E-state index is 0.169. The first-order chi connectivity index (χ1) is 13.4. The zero-order valence-electron chi connectivity index (χ0n) is 15.0. The number of rotatable bonds is 3. The lowest BCUT2D eigenvalue weighted by atomic mass is 9.52. The molecule has 1 saturated carbocycles. The molecule has 1 unspecified atom stereocenters. The predicted molar refractivity (Wildman–Crippen MR) is 90.8 cm³/mol. The molecule has 2 aromatic rings. The number of halogens is 6. The van der Waals surface area contributed by atoms with E-state index >= 15 is 0 Å². The summed E-state index contributed by atoms with van der Waals surface area (Å²) in [5.41, 5.74) is -4.13. The average molecular weight is 417 g/mol. The highest BCUT2D eigenvalue weighted by Crippen LogP contribution is 2.61. The van der Waals surface area contributed by atoms with Crippen LogP contribution in [0.4, 0.5) is 32.0 Å². The van der Waals surface area contributed by atoms with E-state index in [1.165, 1.54) is 24.4 Å². The highest BCUT2D eigenvalue weighted by atomic mass is 19.4. The third kappa shape index (κ3) is 3.23. The largest absolute Gasteiger partial charge is 0.433 e. The van der Waals surface area contributed by atoms with Crippen molar-refractivity contribution in [3.05, 3.63) is 54.1 Å². The average Bonchev–Trinajstić information content (AvgIpc) is 2.58. The molecule has 4 nitrogen and oxygen atoms in total. The molecule has 1 aliphatic carbocycles. The van der Waals surface area contributed by atoms with Gasteiger partial charge in [0.25, 0.3) is 0 Å². The minimum atomic E-state index is -4.84. The van der Waals surface area contributed by atoms with Crippen molar-refractivity contribution in [3.63, 3.8) is 0 Å². The summed E-state index contributed by atoms with van der Waals surface area (Å²) in [6.45, 7) is 0.828. The van der Waals surface area contributed by atoms with Crippen LogP contribution in [0.2, 0.25) is 0 Å². The molecular formula is C19H17F6N3O. The number of aliphatic hydroxyl groups is 1. The van der Waals surface area contributed by atoms with E-state index in [0.29, 0.717) is 18.8 Å². The lowest BCUT2D eigenvalue weighted by Crippen LogP contribution is -2.67. The standard InChI is InChI=1S/C19H17F6N3O/c20-18(21,22)15-4-3-14(9-27-15)28-10-16(11-28)6-13(7-16)17(29,19(23,24)25)12-2-1-5-26-8-12/h1-5,8-9,13,29H,6-7,10-11H2. The number of nitrogens with zero attached hydrogens (tertiary/aromatic N) is 3. The maximum atomic E-state index is 13.7. The molecule has 2 aromatic heterocycles.